The van der Waals surface area contributed by atoms with Crippen LogP contribution in [0.3, 0.4) is 0 Å². The van der Waals surface area contributed by atoms with E-state index >= 15 is 0 Å². The second kappa shape index (κ2) is 4.28. The zero-order valence-corrected chi connectivity index (χ0v) is 11.8. The highest BCUT2D eigenvalue weighted by molar-refractivity contribution is 5.27. The Hall–Kier alpha value is -0.700. The Morgan fingerprint density at radius 3 is 2.19 bits per heavy atom. The van der Waals surface area contributed by atoms with Crippen molar-refractivity contribution in [3.63, 3.8) is 0 Å². The van der Waals surface area contributed by atoms with Crippen LogP contribution in [-0.4, -0.2) is 0 Å². The predicted molar refractivity (Wildman–Crippen MR) is 72.0 cm³/mol. The molecule has 0 heterocycles. The van der Waals surface area contributed by atoms with Crippen molar-refractivity contribution in [3.05, 3.63) is 12.2 Å². The summed E-state index contributed by atoms with van der Waals surface area (Å²) < 4.78 is 0. The quantitative estimate of drug-likeness (QED) is 0.475. The molecule has 0 N–H and O–H groups in total. The summed E-state index contributed by atoms with van der Waals surface area (Å²) in [7, 11) is 0. The standard InChI is InChI=1S/C16H26/c1-12(2)14(15(3,4)5)9-8-13-10-11-16(13,6)7/h13-14H,1,8-9H2,2-7H3. The summed E-state index contributed by atoms with van der Waals surface area (Å²) in [6.45, 7) is 17.7. The maximum Gasteiger partial charge on any atom is 0.0395 e. The van der Waals surface area contributed by atoms with Gasteiger partial charge in [-0.05, 0) is 44.9 Å². The summed E-state index contributed by atoms with van der Waals surface area (Å²) in [6, 6.07) is 0. The van der Waals surface area contributed by atoms with E-state index in [0.29, 0.717) is 17.3 Å². The molecule has 0 heteroatoms. The Morgan fingerprint density at radius 1 is 1.38 bits per heavy atom. The molecule has 0 saturated heterocycles. The molecule has 0 aromatic carbocycles. The van der Waals surface area contributed by atoms with Crippen molar-refractivity contribution in [2.24, 2.45) is 22.7 Å². The summed E-state index contributed by atoms with van der Waals surface area (Å²) in [5.41, 5.74) is 1.89. The van der Waals surface area contributed by atoms with Gasteiger partial charge in [0, 0.05) is 11.3 Å². The van der Waals surface area contributed by atoms with Gasteiger partial charge in [-0.3, -0.25) is 0 Å². The maximum atomic E-state index is 4.14. The van der Waals surface area contributed by atoms with Gasteiger partial charge in [-0.2, -0.15) is 0 Å². The molecule has 0 amide bonds. The minimum atomic E-state index is 0.248. The van der Waals surface area contributed by atoms with Gasteiger partial charge in [0.05, 0.1) is 0 Å². The molecule has 0 aromatic rings. The average molecular weight is 218 g/mol. The third-order valence-corrected chi connectivity index (χ3v) is 3.82. The first kappa shape index (κ1) is 13.4. The van der Waals surface area contributed by atoms with Crippen LogP contribution in [0.4, 0.5) is 0 Å². The van der Waals surface area contributed by atoms with Crippen molar-refractivity contribution >= 4 is 0 Å². The van der Waals surface area contributed by atoms with Crippen LogP contribution in [0.25, 0.3) is 0 Å². The second-order valence-electron chi connectivity index (χ2n) is 6.89. The Balaban J connectivity index is 2.54. The van der Waals surface area contributed by atoms with Crippen LogP contribution in [-0.2, 0) is 0 Å². The van der Waals surface area contributed by atoms with Crippen LogP contribution in [0.15, 0.2) is 12.2 Å². The van der Waals surface area contributed by atoms with Gasteiger partial charge in [0.25, 0.3) is 0 Å². The molecule has 2 unspecified atom stereocenters. The highest BCUT2D eigenvalue weighted by atomic mass is 14.4. The first-order valence-corrected chi connectivity index (χ1v) is 6.32. The van der Waals surface area contributed by atoms with Crippen LogP contribution >= 0.6 is 0 Å². The van der Waals surface area contributed by atoms with Gasteiger partial charge in [-0.15, -0.1) is 0 Å². The summed E-state index contributed by atoms with van der Waals surface area (Å²) in [5.74, 6) is 7.77. The Kier molecular flexibility index (Phi) is 3.58. The third-order valence-electron chi connectivity index (χ3n) is 3.82. The van der Waals surface area contributed by atoms with Gasteiger partial charge in [0.2, 0.25) is 0 Å². The lowest BCUT2D eigenvalue weighted by Gasteiger charge is -2.36. The molecule has 1 rings (SSSR count). The minimum absolute atomic E-state index is 0.248. The molecule has 1 aliphatic rings. The van der Waals surface area contributed by atoms with E-state index in [0.717, 1.165) is 0 Å². The van der Waals surface area contributed by atoms with Gasteiger partial charge < -0.3 is 0 Å². The topological polar surface area (TPSA) is 0 Å². The van der Waals surface area contributed by atoms with E-state index in [1.807, 2.05) is 0 Å². The van der Waals surface area contributed by atoms with Crippen LogP contribution in [0, 0.1) is 34.5 Å². The van der Waals surface area contributed by atoms with Gasteiger partial charge >= 0.3 is 0 Å². The van der Waals surface area contributed by atoms with E-state index in [9.17, 15) is 0 Å². The normalized spacial score (nSPS) is 24.0. The maximum absolute atomic E-state index is 4.14. The van der Waals surface area contributed by atoms with E-state index in [2.05, 4.69) is 60.0 Å². The Bertz CT molecular complexity index is 327. The highest BCUT2D eigenvalue weighted by Gasteiger charge is 2.34. The molecule has 2 atom stereocenters. The van der Waals surface area contributed by atoms with E-state index in [-0.39, 0.29) is 5.41 Å². The third kappa shape index (κ3) is 2.91. The molecule has 0 aromatic heterocycles. The zero-order chi connectivity index (χ0) is 12.6. The molecule has 0 nitrogen and oxygen atoms in total. The van der Waals surface area contributed by atoms with Crippen molar-refractivity contribution in [1.29, 1.82) is 0 Å². The lowest BCUT2D eigenvalue weighted by molar-refractivity contribution is 0.228. The lowest BCUT2D eigenvalue weighted by Crippen LogP contribution is -2.30. The molecule has 0 fully saturated rings. The monoisotopic (exact) mass is 218 g/mol. The van der Waals surface area contributed by atoms with Crippen molar-refractivity contribution in [1.82, 2.24) is 0 Å². The Morgan fingerprint density at radius 2 is 1.94 bits per heavy atom. The van der Waals surface area contributed by atoms with Crippen LogP contribution in [0.1, 0.15) is 54.4 Å². The molecule has 0 aliphatic heterocycles. The van der Waals surface area contributed by atoms with Gasteiger partial charge in [0.1, 0.15) is 0 Å². The molecule has 0 saturated carbocycles. The number of rotatable bonds is 4. The van der Waals surface area contributed by atoms with E-state index in [1.54, 1.807) is 0 Å². The molecule has 90 valence electrons. The first-order valence-electron chi connectivity index (χ1n) is 6.32. The second-order valence-corrected chi connectivity index (χ2v) is 6.89. The van der Waals surface area contributed by atoms with Crippen molar-refractivity contribution in [2.45, 2.75) is 54.4 Å². The molecule has 0 bridgehead atoms. The Labute approximate surface area is 102 Å². The number of hydrogen-bond donors (Lipinski definition) is 0. The van der Waals surface area contributed by atoms with Crippen molar-refractivity contribution in [2.75, 3.05) is 0 Å². The SMILES string of the molecule is C=C(C)C(CCC1C#CC1(C)C)C(C)(C)C. The highest BCUT2D eigenvalue weighted by Crippen LogP contribution is 2.40. The van der Waals surface area contributed by atoms with Gasteiger partial charge in [0.15, 0.2) is 0 Å². The van der Waals surface area contributed by atoms with E-state index in [4.69, 9.17) is 0 Å². The summed E-state index contributed by atoms with van der Waals surface area (Å²) in [6.07, 6.45) is 2.44. The largest absolute Gasteiger partial charge is 0.0998 e. The van der Waals surface area contributed by atoms with Crippen molar-refractivity contribution < 1.29 is 0 Å². The molecular formula is C16H26. The summed E-state index contributed by atoms with van der Waals surface area (Å²) in [4.78, 5) is 0. The lowest BCUT2D eigenvalue weighted by atomic mass is 9.67. The summed E-state index contributed by atoms with van der Waals surface area (Å²) >= 11 is 0. The van der Waals surface area contributed by atoms with Crippen LogP contribution in [0.5, 0.6) is 0 Å². The van der Waals surface area contributed by atoms with E-state index < -0.39 is 0 Å². The number of hydrogen-bond acceptors (Lipinski definition) is 0. The van der Waals surface area contributed by atoms with Crippen LogP contribution in [0.2, 0.25) is 0 Å². The van der Waals surface area contributed by atoms with Gasteiger partial charge in [-0.1, -0.05) is 44.8 Å². The number of allylic oxidation sites excluding steroid dienone is 1. The zero-order valence-electron chi connectivity index (χ0n) is 11.8. The average Bonchev–Trinajstić information content (AvgIpc) is 2.07. The predicted octanol–water partition coefficient (Wildman–Crippen LogP) is 4.66. The van der Waals surface area contributed by atoms with Crippen LogP contribution < -0.4 is 0 Å². The fourth-order valence-electron chi connectivity index (χ4n) is 2.65. The van der Waals surface area contributed by atoms with Gasteiger partial charge in [-0.25, -0.2) is 0 Å². The van der Waals surface area contributed by atoms with Crippen molar-refractivity contribution in [3.8, 4) is 11.8 Å². The van der Waals surface area contributed by atoms with E-state index in [1.165, 1.54) is 18.4 Å². The summed E-state index contributed by atoms with van der Waals surface area (Å²) in [5, 5.41) is 0. The molecule has 16 heavy (non-hydrogen) atoms. The minimum Gasteiger partial charge on any atom is -0.0998 e. The molecule has 0 radical (unpaired) electrons. The molecular weight excluding hydrogens is 192 g/mol. The molecule has 1 aliphatic carbocycles. The molecule has 0 spiro atoms. The fraction of sp³-hybridized carbons (Fsp3) is 0.750. The fourth-order valence-corrected chi connectivity index (χ4v) is 2.65. The first-order chi connectivity index (χ1) is 7.14. The smallest absolute Gasteiger partial charge is 0.0395 e.